The predicted molar refractivity (Wildman–Crippen MR) is 60.2 cm³/mol. The molecule has 0 aliphatic carbocycles. The number of rotatable bonds is 4. The van der Waals surface area contributed by atoms with Crippen molar-refractivity contribution in [3.63, 3.8) is 0 Å². The van der Waals surface area contributed by atoms with Gasteiger partial charge >= 0.3 is 5.97 Å². The van der Waals surface area contributed by atoms with Crippen molar-refractivity contribution in [2.45, 2.75) is 20.0 Å². The van der Waals surface area contributed by atoms with Crippen molar-refractivity contribution in [3.8, 4) is 5.75 Å². The first kappa shape index (κ1) is 13.0. The molecule has 1 aromatic carbocycles. The molecule has 17 heavy (non-hydrogen) atoms. The fourth-order valence-corrected chi connectivity index (χ4v) is 1.29. The Kier molecular flexibility index (Phi) is 4.03. The van der Waals surface area contributed by atoms with E-state index in [0.717, 1.165) is 0 Å². The molecule has 0 aliphatic heterocycles. The highest BCUT2D eigenvalue weighted by Gasteiger charge is 2.21. The Balaban J connectivity index is 3.19. The number of nitrogens with zero attached hydrogens (tertiary/aromatic N) is 1. The molecule has 0 radical (unpaired) electrons. The van der Waals surface area contributed by atoms with Gasteiger partial charge in [-0.2, -0.15) is 0 Å². The number of hydrogen-bond donors (Lipinski definition) is 0. The third-order valence-corrected chi connectivity index (χ3v) is 1.94. The second kappa shape index (κ2) is 5.29. The molecule has 1 aromatic rings. The van der Waals surface area contributed by atoms with Crippen LogP contribution < -0.4 is 4.74 Å². The van der Waals surface area contributed by atoms with Gasteiger partial charge in [0.05, 0.1) is 18.1 Å². The molecule has 6 heteroatoms. The largest absolute Gasteiger partial charge is 0.491 e. The maximum Gasteiger partial charge on any atom is 0.345 e. The van der Waals surface area contributed by atoms with Gasteiger partial charge in [0.2, 0.25) is 0 Å². The van der Waals surface area contributed by atoms with Crippen LogP contribution >= 0.6 is 0 Å². The first-order chi connectivity index (χ1) is 7.95. The van der Waals surface area contributed by atoms with Crippen LogP contribution in [-0.4, -0.2) is 24.1 Å². The number of benzene rings is 1. The minimum Gasteiger partial charge on any atom is -0.491 e. The van der Waals surface area contributed by atoms with Crippen molar-refractivity contribution in [2.75, 3.05) is 7.11 Å². The van der Waals surface area contributed by atoms with Gasteiger partial charge in [-0.15, -0.1) is 0 Å². The van der Waals surface area contributed by atoms with E-state index in [9.17, 15) is 14.9 Å². The second-order valence-electron chi connectivity index (χ2n) is 3.59. The molecule has 0 saturated carbocycles. The van der Waals surface area contributed by atoms with Gasteiger partial charge in [-0.25, -0.2) is 4.79 Å². The molecular formula is C11H13NO5. The van der Waals surface area contributed by atoms with Crippen molar-refractivity contribution in [3.05, 3.63) is 33.9 Å². The third kappa shape index (κ3) is 3.17. The van der Waals surface area contributed by atoms with E-state index in [1.807, 2.05) is 13.8 Å². The number of ether oxygens (including phenoxy) is 2. The maximum absolute atomic E-state index is 11.4. The van der Waals surface area contributed by atoms with Crippen LogP contribution in [0.2, 0.25) is 0 Å². The first-order valence-electron chi connectivity index (χ1n) is 4.99. The summed E-state index contributed by atoms with van der Waals surface area (Å²) in [6.45, 7) is 3.64. The van der Waals surface area contributed by atoms with E-state index in [1.165, 1.54) is 25.3 Å². The summed E-state index contributed by atoms with van der Waals surface area (Å²) in [4.78, 5) is 21.5. The number of nitro benzene ring substituents is 1. The summed E-state index contributed by atoms with van der Waals surface area (Å²) in [7, 11) is 1.17. The number of nitro groups is 1. The second-order valence-corrected chi connectivity index (χ2v) is 3.59. The molecular weight excluding hydrogens is 226 g/mol. The fraction of sp³-hybridized carbons (Fsp3) is 0.364. The quantitative estimate of drug-likeness (QED) is 0.457. The first-order valence-corrected chi connectivity index (χ1v) is 4.99. The Hall–Kier alpha value is -2.11. The zero-order valence-corrected chi connectivity index (χ0v) is 9.80. The lowest BCUT2D eigenvalue weighted by atomic mass is 10.1. The highest BCUT2D eigenvalue weighted by Crippen LogP contribution is 2.25. The smallest absolute Gasteiger partial charge is 0.345 e. The van der Waals surface area contributed by atoms with Crippen molar-refractivity contribution < 1.29 is 19.2 Å². The molecule has 0 aliphatic rings. The van der Waals surface area contributed by atoms with Crippen LogP contribution in [0, 0.1) is 10.1 Å². The molecule has 0 amide bonds. The van der Waals surface area contributed by atoms with E-state index in [-0.39, 0.29) is 17.4 Å². The minimum atomic E-state index is -0.758. The van der Waals surface area contributed by atoms with Gasteiger partial charge in [0.1, 0.15) is 11.3 Å². The fourth-order valence-electron chi connectivity index (χ4n) is 1.29. The molecule has 0 aromatic heterocycles. The predicted octanol–water partition coefficient (Wildman–Crippen LogP) is 2.17. The van der Waals surface area contributed by atoms with E-state index >= 15 is 0 Å². The summed E-state index contributed by atoms with van der Waals surface area (Å²) in [5.41, 5.74) is -0.413. The average molecular weight is 239 g/mol. The number of esters is 1. The SMILES string of the molecule is COC(=O)c1cc(OC(C)C)ccc1[N+](=O)[O-]. The van der Waals surface area contributed by atoms with Crippen molar-refractivity contribution >= 4 is 11.7 Å². The van der Waals surface area contributed by atoms with Crippen LogP contribution in [0.4, 0.5) is 5.69 Å². The summed E-state index contributed by atoms with van der Waals surface area (Å²) < 4.78 is 9.84. The van der Waals surface area contributed by atoms with Crippen LogP contribution in [0.5, 0.6) is 5.75 Å². The van der Waals surface area contributed by atoms with E-state index in [2.05, 4.69) is 4.74 Å². The van der Waals surface area contributed by atoms with E-state index in [4.69, 9.17) is 4.74 Å². The molecule has 0 fully saturated rings. The van der Waals surface area contributed by atoms with E-state index in [0.29, 0.717) is 5.75 Å². The van der Waals surface area contributed by atoms with Crippen LogP contribution in [0.15, 0.2) is 18.2 Å². The Morgan fingerprint density at radius 1 is 1.41 bits per heavy atom. The molecule has 92 valence electrons. The van der Waals surface area contributed by atoms with Gasteiger partial charge in [-0.3, -0.25) is 10.1 Å². The molecule has 0 heterocycles. The standard InChI is InChI=1S/C11H13NO5/c1-7(2)17-8-4-5-10(12(14)15)9(6-8)11(13)16-3/h4-7H,1-3H3. The molecule has 0 spiro atoms. The van der Waals surface area contributed by atoms with E-state index in [1.54, 1.807) is 0 Å². The van der Waals surface area contributed by atoms with Crippen LogP contribution in [0.1, 0.15) is 24.2 Å². The third-order valence-electron chi connectivity index (χ3n) is 1.94. The Labute approximate surface area is 98.3 Å². The number of carbonyl (C=O) groups excluding carboxylic acids is 1. The average Bonchev–Trinajstić information content (AvgIpc) is 2.26. The van der Waals surface area contributed by atoms with Gasteiger partial charge in [-0.05, 0) is 19.9 Å². The Morgan fingerprint density at radius 2 is 2.06 bits per heavy atom. The zero-order chi connectivity index (χ0) is 13.0. The minimum absolute atomic E-state index is 0.0815. The lowest BCUT2D eigenvalue weighted by Gasteiger charge is -2.10. The summed E-state index contributed by atoms with van der Waals surface area (Å²) in [5, 5.41) is 10.7. The molecule has 0 bridgehead atoms. The molecule has 0 atom stereocenters. The summed E-state index contributed by atoms with van der Waals surface area (Å²) in [6.07, 6.45) is -0.0815. The maximum atomic E-state index is 11.4. The molecule has 1 rings (SSSR count). The van der Waals surface area contributed by atoms with Gasteiger partial charge in [0.25, 0.3) is 5.69 Å². The number of hydrogen-bond acceptors (Lipinski definition) is 5. The molecule has 0 unspecified atom stereocenters. The topological polar surface area (TPSA) is 78.7 Å². The van der Waals surface area contributed by atoms with Crippen molar-refractivity contribution in [1.82, 2.24) is 0 Å². The normalized spacial score (nSPS) is 10.1. The van der Waals surface area contributed by atoms with Gasteiger partial charge in [-0.1, -0.05) is 0 Å². The Morgan fingerprint density at radius 3 is 2.53 bits per heavy atom. The lowest BCUT2D eigenvalue weighted by Crippen LogP contribution is -2.09. The summed E-state index contributed by atoms with van der Waals surface area (Å²) in [6, 6.07) is 3.98. The van der Waals surface area contributed by atoms with Crippen molar-refractivity contribution in [2.24, 2.45) is 0 Å². The highest BCUT2D eigenvalue weighted by atomic mass is 16.6. The number of carbonyl (C=O) groups is 1. The number of methoxy groups -OCH3 is 1. The van der Waals surface area contributed by atoms with Crippen LogP contribution in [0.3, 0.4) is 0 Å². The molecule has 6 nitrogen and oxygen atoms in total. The lowest BCUT2D eigenvalue weighted by molar-refractivity contribution is -0.385. The zero-order valence-electron chi connectivity index (χ0n) is 9.80. The monoisotopic (exact) mass is 239 g/mol. The van der Waals surface area contributed by atoms with Gasteiger partial charge in [0.15, 0.2) is 0 Å². The van der Waals surface area contributed by atoms with Crippen molar-refractivity contribution in [1.29, 1.82) is 0 Å². The van der Waals surface area contributed by atoms with E-state index < -0.39 is 10.9 Å². The van der Waals surface area contributed by atoms with Crippen LogP contribution in [-0.2, 0) is 4.74 Å². The molecule has 0 saturated heterocycles. The van der Waals surface area contributed by atoms with Crippen LogP contribution in [0.25, 0.3) is 0 Å². The highest BCUT2D eigenvalue weighted by molar-refractivity contribution is 5.94. The van der Waals surface area contributed by atoms with Gasteiger partial charge in [0, 0.05) is 12.1 Å². The summed E-state index contributed by atoms with van der Waals surface area (Å²) in [5.74, 6) is -0.364. The van der Waals surface area contributed by atoms with Gasteiger partial charge < -0.3 is 9.47 Å². The Bertz CT molecular complexity index is 441. The molecule has 0 N–H and O–H groups in total. The summed E-state index contributed by atoms with van der Waals surface area (Å²) >= 11 is 0.